The smallest absolute Gasteiger partial charge is 0.293 e. The molecule has 1 aromatic heterocycles. The number of aryl methyl sites for hydroxylation is 3. The van der Waals surface area contributed by atoms with Gasteiger partial charge in [-0.05, 0) is 68.1 Å². The van der Waals surface area contributed by atoms with E-state index in [1.165, 1.54) is 20.0 Å². The SMILES string of the molecule is Cc1ccc(CNC(=O)[C@H](CCc2cccc(C=C3SC(=O)N(C)C3=O)c2)CC(=O)[C@@H](NC(=O)c2cc(C)on2)[C@@H](C)O)cc1. The molecule has 45 heavy (non-hydrogen) atoms. The summed E-state index contributed by atoms with van der Waals surface area (Å²) in [4.78, 5) is 65.2. The molecule has 1 aliphatic heterocycles. The maximum absolute atomic E-state index is 13.5. The van der Waals surface area contributed by atoms with Crippen molar-refractivity contribution >= 4 is 46.6 Å². The number of carbonyl (C=O) groups excluding carboxylic acids is 5. The predicted molar refractivity (Wildman–Crippen MR) is 169 cm³/mol. The van der Waals surface area contributed by atoms with Crippen LogP contribution in [0.3, 0.4) is 0 Å². The number of benzene rings is 2. The van der Waals surface area contributed by atoms with Crippen molar-refractivity contribution in [1.29, 1.82) is 0 Å². The van der Waals surface area contributed by atoms with Gasteiger partial charge in [0, 0.05) is 32.0 Å². The molecular formula is C33H36N4O7S. The van der Waals surface area contributed by atoms with Crippen molar-refractivity contribution in [3.05, 3.63) is 93.2 Å². The average molecular weight is 633 g/mol. The molecule has 11 nitrogen and oxygen atoms in total. The summed E-state index contributed by atoms with van der Waals surface area (Å²) >= 11 is 0.873. The number of Topliss-reactive ketones (excluding diaryl/α,β-unsaturated/α-hetero) is 1. The van der Waals surface area contributed by atoms with Gasteiger partial charge in [-0.25, -0.2) is 0 Å². The second-order valence-electron chi connectivity index (χ2n) is 11.1. The first-order valence-corrected chi connectivity index (χ1v) is 15.3. The number of amides is 4. The zero-order valence-electron chi connectivity index (χ0n) is 25.5. The molecule has 0 saturated carbocycles. The van der Waals surface area contributed by atoms with Gasteiger partial charge < -0.3 is 20.3 Å². The fraction of sp³-hybridized carbons (Fsp3) is 0.333. The number of nitrogens with zero attached hydrogens (tertiary/aromatic N) is 2. The van der Waals surface area contributed by atoms with Crippen LogP contribution in [0.2, 0.25) is 0 Å². The molecule has 12 heteroatoms. The lowest BCUT2D eigenvalue weighted by Gasteiger charge is -2.23. The third-order valence-electron chi connectivity index (χ3n) is 7.40. The molecule has 0 aliphatic carbocycles. The van der Waals surface area contributed by atoms with E-state index in [9.17, 15) is 29.1 Å². The van der Waals surface area contributed by atoms with Crippen molar-refractivity contribution in [2.45, 2.75) is 58.7 Å². The monoisotopic (exact) mass is 632 g/mol. The maximum atomic E-state index is 13.5. The fourth-order valence-electron chi connectivity index (χ4n) is 4.77. The molecule has 4 rings (SSSR count). The quantitative estimate of drug-likeness (QED) is 0.237. The van der Waals surface area contributed by atoms with Gasteiger partial charge in [-0.2, -0.15) is 0 Å². The second-order valence-corrected chi connectivity index (χ2v) is 12.1. The zero-order chi connectivity index (χ0) is 32.7. The number of aliphatic hydroxyl groups excluding tert-OH is 1. The topological polar surface area (TPSA) is 159 Å². The van der Waals surface area contributed by atoms with E-state index < -0.39 is 29.8 Å². The number of nitrogens with one attached hydrogen (secondary N) is 2. The summed E-state index contributed by atoms with van der Waals surface area (Å²) in [6.45, 7) is 5.26. The lowest BCUT2D eigenvalue weighted by Crippen LogP contribution is -2.49. The third-order valence-corrected chi connectivity index (χ3v) is 8.36. The van der Waals surface area contributed by atoms with E-state index in [2.05, 4.69) is 15.8 Å². The van der Waals surface area contributed by atoms with Crippen molar-refractivity contribution < 1.29 is 33.6 Å². The highest BCUT2D eigenvalue weighted by atomic mass is 32.2. The first kappa shape index (κ1) is 33.3. The lowest BCUT2D eigenvalue weighted by molar-refractivity contribution is -0.131. The number of hydrogen-bond acceptors (Lipinski definition) is 9. The Hall–Kier alpha value is -4.55. The van der Waals surface area contributed by atoms with Gasteiger partial charge >= 0.3 is 0 Å². The van der Waals surface area contributed by atoms with Gasteiger partial charge in [-0.1, -0.05) is 59.3 Å². The average Bonchev–Trinajstić information content (AvgIpc) is 3.55. The molecule has 0 bridgehead atoms. The summed E-state index contributed by atoms with van der Waals surface area (Å²) < 4.78 is 4.94. The van der Waals surface area contributed by atoms with Gasteiger partial charge in [0.15, 0.2) is 11.5 Å². The highest BCUT2D eigenvalue weighted by Crippen LogP contribution is 2.31. The number of aliphatic hydroxyl groups is 1. The molecule has 1 aliphatic rings. The molecule has 1 saturated heterocycles. The minimum atomic E-state index is -1.26. The number of likely N-dealkylation sites (N-methyl/N-ethyl adjacent to an activating group) is 1. The number of aromatic nitrogens is 1. The van der Waals surface area contributed by atoms with Crippen LogP contribution in [-0.4, -0.2) is 63.1 Å². The molecular weight excluding hydrogens is 596 g/mol. The number of thioether (sulfide) groups is 1. The van der Waals surface area contributed by atoms with Crippen LogP contribution >= 0.6 is 11.8 Å². The Balaban J connectivity index is 1.49. The minimum absolute atomic E-state index is 0.0260. The van der Waals surface area contributed by atoms with Crippen molar-refractivity contribution in [2.24, 2.45) is 5.92 Å². The number of ketones is 1. The second kappa shape index (κ2) is 15.0. The van der Waals surface area contributed by atoms with Crippen LogP contribution in [0.1, 0.15) is 58.3 Å². The minimum Gasteiger partial charge on any atom is -0.391 e. The molecule has 3 aromatic rings. The van der Waals surface area contributed by atoms with Gasteiger partial charge in [-0.15, -0.1) is 0 Å². The number of rotatable bonds is 13. The normalized spacial score (nSPS) is 16.0. The molecule has 236 valence electrons. The summed E-state index contributed by atoms with van der Waals surface area (Å²) in [6, 6.07) is 15.3. The molecule has 0 spiro atoms. The Morgan fingerprint density at radius 2 is 1.80 bits per heavy atom. The number of carbonyl (C=O) groups is 5. The van der Waals surface area contributed by atoms with Crippen molar-refractivity contribution in [1.82, 2.24) is 20.7 Å². The predicted octanol–water partition coefficient (Wildman–Crippen LogP) is 3.96. The lowest BCUT2D eigenvalue weighted by atomic mass is 9.90. The summed E-state index contributed by atoms with van der Waals surface area (Å²) in [7, 11) is 1.43. The van der Waals surface area contributed by atoms with E-state index >= 15 is 0 Å². The van der Waals surface area contributed by atoms with Crippen LogP contribution < -0.4 is 10.6 Å². The van der Waals surface area contributed by atoms with E-state index in [1.54, 1.807) is 13.0 Å². The summed E-state index contributed by atoms with van der Waals surface area (Å²) in [5, 5.41) is 19.1. The fourth-order valence-corrected chi connectivity index (χ4v) is 5.60. The summed E-state index contributed by atoms with van der Waals surface area (Å²) in [6.07, 6.45) is 0.925. The zero-order valence-corrected chi connectivity index (χ0v) is 26.3. The van der Waals surface area contributed by atoms with Crippen molar-refractivity contribution in [3.63, 3.8) is 0 Å². The molecule has 0 radical (unpaired) electrons. The Morgan fingerprint density at radius 3 is 2.42 bits per heavy atom. The van der Waals surface area contributed by atoms with Gasteiger partial charge in [0.2, 0.25) is 5.91 Å². The summed E-state index contributed by atoms with van der Waals surface area (Å²) in [5.74, 6) is -2.23. The van der Waals surface area contributed by atoms with E-state index in [-0.39, 0.29) is 35.7 Å². The molecule has 3 atom stereocenters. The van der Waals surface area contributed by atoms with Crippen LogP contribution in [-0.2, 0) is 27.3 Å². The highest BCUT2D eigenvalue weighted by Gasteiger charge is 2.32. The van der Waals surface area contributed by atoms with E-state index in [4.69, 9.17) is 4.52 Å². The van der Waals surface area contributed by atoms with Gasteiger partial charge in [0.05, 0.1) is 11.0 Å². The highest BCUT2D eigenvalue weighted by molar-refractivity contribution is 8.18. The van der Waals surface area contributed by atoms with Crippen LogP contribution in [0, 0.1) is 19.8 Å². The van der Waals surface area contributed by atoms with Gasteiger partial charge in [0.1, 0.15) is 11.8 Å². The Kier molecular flexibility index (Phi) is 11.1. The van der Waals surface area contributed by atoms with E-state index in [1.807, 2.05) is 55.5 Å². The molecule has 0 unspecified atom stereocenters. The van der Waals surface area contributed by atoms with Gasteiger partial charge in [0.25, 0.3) is 17.1 Å². The van der Waals surface area contributed by atoms with E-state index in [0.29, 0.717) is 23.5 Å². The standard InChI is InChI=1S/C33H36N4O7S/c1-19-8-10-23(11-9-19)18-34-30(40)25(17-27(39)29(21(3)38)35-31(41)26-14-20(2)44-36-26)13-12-22-6-5-7-24(15-22)16-28-32(42)37(4)33(43)45-28/h5-11,14-16,21,25,29,38H,12-13,17-18H2,1-4H3,(H,34,40)(H,35,41)/t21-,25-,29+/m1/s1. The van der Waals surface area contributed by atoms with Crippen molar-refractivity contribution in [2.75, 3.05) is 7.05 Å². The van der Waals surface area contributed by atoms with Gasteiger partial charge in [-0.3, -0.25) is 28.9 Å². The van der Waals surface area contributed by atoms with E-state index in [0.717, 1.165) is 38.9 Å². The van der Waals surface area contributed by atoms with Crippen LogP contribution in [0.15, 0.2) is 64.0 Å². The Bertz CT molecular complexity index is 1610. The summed E-state index contributed by atoms with van der Waals surface area (Å²) in [5.41, 5.74) is 3.56. The maximum Gasteiger partial charge on any atom is 0.293 e. The first-order valence-electron chi connectivity index (χ1n) is 14.5. The van der Waals surface area contributed by atoms with Crippen LogP contribution in [0.4, 0.5) is 4.79 Å². The first-order chi connectivity index (χ1) is 21.4. The number of imide groups is 1. The molecule has 2 aromatic carbocycles. The molecule has 4 amide bonds. The molecule has 3 N–H and O–H groups in total. The third kappa shape index (κ3) is 8.99. The molecule has 2 heterocycles. The molecule has 1 fully saturated rings. The van der Waals surface area contributed by atoms with Crippen LogP contribution in [0.5, 0.6) is 0 Å². The van der Waals surface area contributed by atoms with Crippen molar-refractivity contribution in [3.8, 4) is 0 Å². The number of hydrogen-bond donors (Lipinski definition) is 3. The Labute approximate surface area is 265 Å². The largest absolute Gasteiger partial charge is 0.391 e. The Morgan fingerprint density at radius 1 is 1.07 bits per heavy atom. The van der Waals surface area contributed by atoms with Crippen LogP contribution in [0.25, 0.3) is 6.08 Å².